The van der Waals surface area contributed by atoms with Crippen LogP contribution >= 0.6 is 0 Å². The minimum absolute atomic E-state index is 0.0382. The molecule has 1 atom stereocenters. The summed E-state index contributed by atoms with van der Waals surface area (Å²) in [6.07, 6.45) is 4.58. The van der Waals surface area contributed by atoms with Gasteiger partial charge in [-0.25, -0.2) is 4.68 Å². The van der Waals surface area contributed by atoms with Crippen LogP contribution in [0.1, 0.15) is 21.5 Å². The Hall–Kier alpha value is -2.92. The number of likely N-dealkylation sites (N-methyl/N-ethyl adjacent to an activating group) is 2. The molecule has 0 bridgehead atoms. The van der Waals surface area contributed by atoms with Crippen molar-refractivity contribution in [3.8, 4) is 5.69 Å². The lowest BCUT2D eigenvalue weighted by Gasteiger charge is -2.36. The SMILES string of the molecule is CN(C[C@H]1Cc2ccccc2CN1C)C(=O)c1cccc(-n2cccn2)c1. The Bertz CT molecular complexity index is 935. The molecule has 2 aromatic carbocycles. The minimum atomic E-state index is 0.0382. The second-order valence-electron chi connectivity index (χ2n) is 7.23. The van der Waals surface area contributed by atoms with Crippen LogP contribution in [0, 0.1) is 0 Å². The quantitative estimate of drug-likeness (QED) is 0.718. The van der Waals surface area contributed by atoms with Gasteiger partial charge in [-0.15, -0.1) is 0 Å². The Morgan fingerprint density at radius 1 is 1.15 bits per heavy atom. The maximum absolute atomic E-state index is 13.0. The van der Waals surface area contributed by atoms with Crippen LogP contribution in [0.5, 0.6) is 0 Å². The number of fused-ring (bicyclic) bond motifs is 1. The van der Waals surface area contributed by atoms with E-state index in [1.165, 1.54) is 11.1 Å². The summed E-state index contributed by atoms with van der Waals surface area (Å²) in [5.74, 6) is 0.0382. The van der Waals surface area contributed by atoms with Crippen LogP contribution in [0.15, 0.2) is 67.0 Å². The zero-order valence-electron chi connectivity index (χ0n) is 15.7. The summed E-state index contributed by atoms with van der Waals surface area (Å²) in [6.45, 7) is 1.63. The number of carbonyl (C=O) groups excluding carboxylic acids is 1. The average molecular weight is 360 g/mol. The van der Waals surface area contributed by atoms with Crippen LogP contribution in [-0.4, -0.2) is 52.2 Å². The van der Waals surface area contributed by atoms with Crippen LogP contribution in [0.25, 0.3) is 5.69 Å². The maximum atomic E-state index is 13.0. The van der Waals surface area contributed by atoms with Crippen molar-refractivity contribution in [1.82, 2.24) is 19.6 Å². The van der Waals surface area contributed by atoms with Crippen molar-refractivity contribution in [3.63, 3.8) is 0 Å². The minimum Gasteiger partial charge on any atom is -0.340 e. The first kappa shape index (κ1) is 17.5. The molecule has 138 valence electrons. The summed E-state index contributed by atoms with van der Waals surface area (Å²) in [6, 6.07) is 18.4. The molecule has 2 heterocycles. The summed E-state index contributed by atoms with van der Waals surface area (Å²) < 4.78 is 1.77. The summed E-state index contributed by atoms with van der Waals surface area (Å²) in [5, 5.41) is 4.24. The van der Waals surface area contributed by atoms with E-state index in [2.05, 4.69) is 41.3 Å². The Balaban J connectivity index is 1.48. The zero-order chi connectivity index (χ0) is 18.8. The highest BCUT2D eigenvalue weighted by Crippen LogP contribution is 2.22. The van der Waals surface area contributed by atoms with Gasteiger partial charge in [-0.3, -0.25) is 9.69 Å². The van der Waals surface area contributed by atoms with Gasteiger partial charge < -0.3 is 4.90 Å². The highest BCUT2D eigenvalue weighted by Gasteiger charge is 2.25. The molecule has 3 aromatic rings. The second-order valence-corrected chi connectivity index (χ2v) is 7.23. The molecular weight excluding hydrogens is 336 g/mol. The molecule has 0 aliphatic carbocycles. The van der Waals surface area contributed by atoms with E-state index in [0.29, 0.717) is 18.2 Å². The lowest BCUT2D eigenvalue weighted by Crippen LogP contribution is -2.46. The van der Waals surface area contributed by atoms with Gasteiger partial charge in [0, 0.05) is 44.1 Å². The van der Waals surface area contributed by atoms with Gasteiger partial charge in [0.15, 0.2) is 0 Å². The van der Waals surface area contributed by atoms with Crippen molar-refractivity contribution in [2.24, 2.45) is 0 Å². The third-order valence-electron chi connectivity index (χ3n) is 5.31. The van der Waals surface area contributed by atoms with Crippen molar-refractivity contribution >= 4 is 5.91 Å². The number of amides is 1. The largest absolute Gasteiger partial charge is 0.340 e. The highest BCUT2D eigenvalue weighted by atomic mass is 16.2. The first-order chi connectivity index (χ1) is 13.1. The Morgan fingerprint density at radius 3 is 2.74 bits per heavy atom. The van der Waals surface area contributed by atoms with Crippen LogP contribution in [0.2, 0.25) is 0 Å². The van der Waals surface area contributed by atoms with Gasteiger partial charge in [0.2, 0.25) is 0 Å². The van der Waals surface area contributed by atoms with E-state index in [1.54, 1.807) is 10.9 Å². The second kappa shape index (κ2) is 7.37. The molecule has 1 aromatic heterocycles. The predicted molar refractivity (Wildman–Crippen MR) is 106 cm³/mol. The monoisotopic (exact) mass is 360 g/mol. The smallest absolute Gasteiger partial charge is 0.253 e. The van der Waals surface area contributed by atoms with Gasteiger partial charge in [-0.1, -0.05) is 30.3 Å². The van der Waals surface area contributed by atoms with Crippen molar-refractivity contribution in [3.05, 3.63) is 83.7 Å². The molecule has 0 fully saturated rings. The first-order valence-corrected chi connectivity index (χ1v) is 9.24. The zero-order valence-corrected chi connectivity index (χ0v) is 15.7. The summed E-state index contributed by atoms with van der Waals surface area (Å²) in [4.78, 5) is 17.1. The van der Waals surface area contributed by atoms with Gasteiger partial charge in [0.25, 0.3) is 5.91 Å². The molecule has 0 N–H and O–H groups in total. The fourth-order valence-corrected chi connectivity index (χ4v) is 3.74. The van der Waals surface area contributed by atoms with Gasteiger partial charge in [0.1, 0.15) is 0 Å². The van der Waals surface area contributed by atoms with E-state index in [9.17, 15) is 4.79 Å². The molecule has 5 nitrogen and oxygen atoms in total. The molecule has 1 aliphatic heterocycles. The fraction of sp³-hybridized carbons (Fsp3) is 0.273. The number of nitrogens with zero attached hydrogens (tertiary/aromatic N) is 4. The average Bonchev–Trinajstić information content (AvgIpc) is 3.23. The molecule has 5 heteroatoms. The van der Waals surface area contributed by atoms with Crippen LogP contribution in [0.3, 0.4) is 0 Å². The third-order valence-corrected chi connectivity index (χ3v) is 5.31. The Labute approximate surface area is 159 Å². The van der Waals surface area contributed by atoms with E-state index in [-0.39, 0.29) is 5.91 Å². The number of aromatic nitrogens is 2. The van der Waals surface area contributed by atoms with Gasteiger partial charge >= 0.3 is 0 Å². The lowest BCUT2D eigenvalue weighted by atomic mass is 9.94. The van der Waals surface area contributed by atoms with Crippen LogP contribution in [0.4, 0.5) is 0 Å². The molecule has 1 aliphatic rings. The van der Waals surface area contributed by atoms with Gasteiger partial charge in [-0.2, -0.15) is 5.10 Å². The molecule has 0 saturated carbocycles. The maximum Gasteiger partial charge on any atom is 0.253 e. The third kappa shape index (κ3) is 3.64. The summed E-state index contributed by atoms with van der Waals surface area (Å²) >= 11 is 0. The van der Waals surface area contributed by atoms with E-state index in [1.807, 2.05) is 48.5 Å². The van der Waals surface area contributed by atoms with Crippen molar-refractivity contribution in [2.75, 3.05) is 20.6 Å². The van der Waals surface area contributed by atoms with Gasteiger partial charge in [-0.05, 0) is 48.9 Å². The Kier molecular flexibility index (Phi) is 4.77. The molecular formula is C22H24N4O. The summed E-state index contributed by atoms with van der Waals surface area (Å²) in [7, 11) is 4.02. The van der Waals surface area contributed by atoms with E-state index >= 15 is 0 Å². The standard InChI is InChI=1S/C22H24N4O/c1-24-15-19-8-4-3-7-17(19)13-21(24)16-25(2)22(27)18-9-5-10-20(14-18)26-12-6-11-23-26/h3-12,14,21H,13,15-16H2,1-2H3/t21-/m1/s1. The van der Waals surface area contributed by atoms with Crippen LogP contribution in [-0.2, 0) is 13.0 Å². The predicted octanol–water partition coefficient (Wildman–Crippen LogP) is 3.00. The first-order valence-electron chi connectivity index (χ1n) is 9.24. The molecule has 1 amide bonds. The number of hydrogen-bond acceptors (Lipinski definition) is 3. The Morgan fingerprint density at radius 2 is 1.96 bits per heavy atom. The molecule has 0 saturated heterocycles. The number of carbonyl (C=O) groups is 1. The van der Waals surface area contributed by atoms with E-state index in [0.717, 1.165) is 18.7 Å². The normalized spacial score (nSPS) is 16.7. The molecule has 0 radical (unpaired) electrons. The van der Waals surface area contributed by atoms with E-state index < -0.39 is 0 Å². The van der Waals surface area contributed by atoms with Crippen LogP contribution < -0.4 is 0 Å². The summed E-state index contributed by atoms with van der Waals surface area (Å²) in [5.41, 5.74) is 4.35. The lowest BCUT2D eigenvalue weighted by molar-refractivity contribution is 0.0733. The fourth-order valence-electron chi connectivity index (χ4n) is 3.74. The number of rotatable bonds is 4. The highest BCUT2D eigenvalue weighted by molar-refractivity contribution is 5.94. The molecule has 27 heavy (non-hydrogen) atoms. The molecule has 0 spiro atoms. The topological polar surface area (TPSA) is 41.4 Å². The van der Waals surface area contributed by atoms with E-state index in [4.69, 9.17) is 0 Å². The van der Waals surface area contributed by atoms with Crippen molar-refractivity contribution < 1.29 is 4.79 Å². The molecule has 0 unspecified atom stereocenters. The number of hydrogen-bond donors (Lipinski definition) is 0. The van der Waals surface area contributed by atoms with Crippen molar-refractivity contribution in [1.29, 1.82) is 0 Å². The van der Waals surface area contributed by atoms with Gasteiger partial charge in [0.05, 0.1) is 5.69 Å². The number of benzene rings is 2. The van der Waals surface area contributed by atoms with Crippen molar-refractivity contribution in [2.45, 2.75) is 19.0 Å². The molecule has 4 rings (SSSR count).